The van der Waals surface area contributed by atoms with Crippen LogP contribution in [0, 0.1) is 5.92 Å². The predicted molar refractivity (Wildman–Crippen MR) is 75.9 cm³/mol. The molecule has 4 nitrogen and oxygen atoms in total. The Hall–Kier alpha value is -0.770. The number of oxime groups is 1. The zero-order valence-corrected chi connectivity index (χ0v) is 12.1. The minimum Gasteiger partial charge on any atom is -0.409 e. The fourth-order valence-electron chi connectivity index (χ4n) is 3.12. The van der Waals surface area contributed by atoms with Crippen LogP contribution in [0.15, 0.2) is 5.16 Å². The maximum Gasteiger partial charge on any atom is 0.140 e. The van der Waals surface area contributed by atoms with Crippen molar-refractivity contribution in [2.24, 2.45) is 16.8 Å². The third-order valence-electron chi connectivity index (χ3n) is 4.59. The lowest BCUT2D eigenvalue weighted by molar-refractivity contribution is 0.118. The average molecular weight is 255 g/mol. The summed E-state index contributed by atoms with van der Waals surface area (Å²) in [6.45, 7) is 4.46. The quantitative estimate of drug-likeness (QED) is 0.332. The van der Waals surface area contributed by atoms with Crippen molar-refractivity contribution in [1.29, 1.82) is 0 Å². The summed E-state index contributed by atoms with van der Waals surface area (Å²) in [6, 6.07) is 1.06. The van der Waals surface area contributed by atoms with Gasteiger partial charge >= 0.3 is 0 Å². The van der Waals surface area contributed by atoms with E-state index in [1.54, 1.807) is 0 Å². The van der Waals surface area contributed by atoms with Crippen molar-refractivity contribution in [3.8, 4) is 0 Å². The molecule has 3 N–H and O–H groups in total. The van der Waals surface area contributed by atoms with Crippen LogP contribution in [0.3, 0.4) is 0 Å². The lowest BCUT2D eigenvalue weighted by atomic mass is 9.83. The van der Waals surface area contributed by atoms with Gasteiger partial charge in [-0.3, -0.25) is 0 Å². The van der Waals surface area contributed by atoms with Crippen molar-refractivity contribution in [1.82, 2.24) is 4.90 Å². The first-order valence-corrected chi connectivity index (χ1v) is 7.30. The van der Waals surface area contributed by atoms with Gasteiger partial charge < -0.3 is 15.8 Å². The maximum absolute atomic E-state index is 8.68. The van der Waals surface area contributed by atoms with Crippen molar-refractivity contribution in [3.63, 3.8) is 0 Å². The molecule has 0 spiro atoms. The molecule has 18 heavy (non-hydrogen) atoms. The molecule has 1 saturated carbocycles. The second-order valence-electron chi connectivity index (χ2n) is 5.61. The van der Waals surface area contributed by atoms with E-state index in [0.717, 1.165) is 12.3 Å². The van der Waals surface area contributed by atoms with Crippen LogP contribution in [0.5, 0.6) is 0 Å². The molecule has 1 fully saturated rings. The molecule has 1 aliphatic carbocycles. The molecule has 1 unspecified atom stereocenters. The highest BCUT2D eigenvalue weighted by Crippen LogP contribution is 2.30. The van der Waals surface area contributed by atoms with Gasteiger partial charge in [-0.1, -0.05) is 25.4 Å². The Labute approximate surface area is 111 Å². The summed E-state index contributed by atoms with van der Waals surface area (Å²) in [5.41, 5.74) is 5.63. The SMILES string of the molecule is CCC1CCC(N(C)C(CC)C/C(N)=N/O)CC1. The number of nitrogens with zero attached hydrogens (tertiary/aromatic N) is 2. The number of nitrogens with two attached hydrogens (primary N) is 1. The molecule has 0 aromatic carbocycles. The van der Waals surface area contributed by atoms with Gasteiger partial charge in [0.1, 0.15) is 5.84 Å². The Morgan fingerprint density at radius 2 is 1.94 bits per heavy atom. The summed E-state index contributed by atoms with van der Waals surface area (Å²) in [4.78, 5) is 2.45. The zero-order chi connectivity index (χ0) is 13.5. The van der Waals surface area contributed by atoms with Gasteiger partial charge in [0.2, 0.25) is 0 Å². The van der Waals surface area contributed by atoms with Crippen LogP contribution >= 0.6 is 0 Å². The van der Waals surface area contributed by atoms with Crippen molar-refractivity contribution in [2.45, 2.75) is 70.9 Å². The van der Waals surface area contributed by atoms with E-state index in [-0.39, 0.29) is 0 Å². The summed E-state index contributed by atoms with van der Waals surface area (Å²) in [6.07, 6.45) is 8.32. The molecule has 1 aliphatic rings. The second kappa shape index (κ2) is 7.62. The standard InChI is InChI=1S/C14H29N3O/c1-4-11-6-8-13(9-7-11)17(3)12(5-2)10-14(15)16-18/h11-13,18H,4-10H2,1-3H3,(H2,15,16). The largest absolute Gasteiger partial charge is 0.409 e. The minimum atomic E-state index is 0.343. The fraction of sp³-hybridized carbons (Fsp3) is 0.929. The van der Waals surface area contributed by atoms with Crippen LogP contribution < -0.4 is 5.73 Å². The van der Waals surface area contributed by atoms with Crippen LogP contribution in [0.25, 0.3) is 0 Å². The number of amidine groups is 1. The highest BCUT2D eigenvalue weighted by molar-refractivity contribution is 5.80. The summed E-state index contributed by atoms with van der Waals surface area (Å²) in [5, 5.41) is 11.8. The summed E-state index contributed by atoms with van der Waals surface area (Å²) < 4.78 is 0. The first-order chi connectivity index (χ1) is 8.62. The van der Waals surface area contributed by atoms with E-state index in [1.807, 2.05) is 0 Å². The van der Waals surface area contributed by atoms with Gasteiger partial charge in [-0.2, -0.15) is 0 Å². The zero-order valence-electron chi connectivity index (χ0n) is 12.1. The van der Waals surface area contributed by atoms with Gasteiger partial charge in [0.25, 0.3) is 0 Å². The number of hydrogen-bond acceptors (Lipinski definition) is 3. The molecule has 0 heterocycles. The van der Waals surface area contributed by atoms with Crippen LogP contribution in [-0.4, -0.2) is 35.1 Å². The molecular weight excluding hydrogens is 226 g/mol. The average Bonchev–Trinajstić information content (AvgIpc) is 2.43. The van der Waals surface area contributed by atoms with Gasteiger partial charge in [0, 0.05) is 18.5 Å². The molecule has 0 saturated heterocycles. The monoisotopic (exact) mass is 255 g/mol. The van der Waals surface area contributed by atoms with E-state index in [4.69, 9.17) is 10.9 Å². The van der Waals surface area contributed by atoms with Crippen LogP contribution in [0.2, 0.25) is 0 Å². The van der Waals surface area contributed by atoms with Crippen LogP contribution in [0.1, 0.15) is 58.8 Å². The van der Waals surface area contributed by atoms with Crippen molar-refractivity contribution < 1.29 is 5.21 Å². The molecule has 0 bridgehead atoms. The third-order valence-corrected chi connectivity index (χ3v) is 4.59. The fourth-order valence-corrected chi connectivity index (χ4v) is 3.12. The Bertz CT molecular complexity index is 260. The Morgan fingerprint density at radius 3 is 2.39 bits per heavy atom. The summed E-state index contributed by atoms with van der Waals surface area (Å²) in [7, 11) is 2.19. The molecule has 0 aromatic rings. The third kappa shape index (κ3) is 4.16. The molecule has 0 radical (unpaired) electrons. The first-order valence-electron chi connectivity index (χ1n) is 7.30. The van der Waals surface area contributed by atoms with Gasteiger partial charge in [-0.15, -0.1) is 0 Å². The lowest BCUT2D eigenvalue weighted by Crippen LogP contribution is -2.43. The van der Waals surface area contributed by atoms with Crippen LogP contribution in [-0.2, 0) is 0 Å². The van der Waals surface area contributed by atoms with Crippen molar-refractivity contribution in [2.75, 3.05) is 7.05 Å². The Kier molecular flexibility index (Phi) is 6.47. The predicted octanol–water partition coefficient (Wildman–Crippen LogP) is 2.80. The molecule has 4 heteroatoms. The van der Waals surface area contributed by atoms with Crippen LogP contribution in [0.4, 0.5) is 0 Å². The van der Waals surface area contributed by atoms with Gasteiger partial charge in [0.15, 0.2) is 0 Å². The molecule has 0 aliphatic heterocycles. The number of hydrogen-bond donors (Lipinski definition) is 2. The van der Waals surface area contributed by atoms with Gasteiger partial charge in [-0.25, -0.2) is 0 Å². The van der Waals surface area contributed by atoms with Crippen molar-refractivity contribution >= 4 is 5.84 Å². The van der Waals surface area contributed by atoms with E-state index < -0.39 is 0 Å². The Morgan fingerprint density at radius 1 is 1.33 bits per heavy atom. The van der Waals surface area contributed by atoms with E-state index in [1.165, 1.54) is 32.1 Å². The molecule has 1 atom stereocenters. The topological polar surface area (TPSA) is 61.8 Å². The normalized spacial score (nSPS) is 27.4. The maximum atomic E-state index is 8.68. The summed E-state index contributed by atoms with van der Waals surface area (Å²) >= 11 is 0. The van der Waals surface area contributed by atoms with E-state index in [2.05, 4.69) is 31.0 Å². The minimum absolute atomic E-state index is 0.343. The van der Waals surface area contributed by atoms with Gasteiger partial charge in [-0.05, 0) is 45.1 Å². The highest BCUT2D eigenvalue weighted by atomic mass is 16.4. The van der Waals surface area contributed by atoms with E-state index >= 15 is 0 Å². The first kappa shape index (κ1) is 15.3. The second-order valence-corrected chi connectivity index (χ2v) is 5.61. The number of rotatable bonds is 6. The summed E-state index contributed by atoms with van der Waals surface area (Å²) in [5.74, 6) is 1.27. The Balaban J connectivity index is 2.49. The lowest BCUT2D eigenvalue weighted by Gasteiger charge is -2.38. The smallest absolute Gasteiger partial charge is 0.140 e. The van der Waals surface area contributed by atoms with Crippen molar-refractivity contribution in [3.05, 3.63) is 0 Å². The highest BCUT2D eigenvalue weighted by Gasteiger charge is 2.27. The molecule has 106 valence electrons. The van der Waals surface area contributed by atoms with Gasteiger partial charge in [0.05, 0.1) is 0 Å². The molecular formula is C14H29N3O. The molecule has 0 amide bonds. The molecule has 1 rings (SSSR count). The van der Waals surface area contributed by atoms with E-state index in [0.29, 0.717) is 24.3 Å². The molecule has 0 aromatic heterocycles. The van der Waals surface area contributed by atoms with E-state index in [9.17, 15) is 0 Å².